The van der Waals surface area contributed by atoms with Crippen molar-refractivity contribution in [2.24, 2.45) is 0 Å². The summed E-state index contributed by atoms with van der Waals surface area (Å²) in [6, 6.07) is 0. The van der Waals surface area contributed by atoms with E-state index in [1.54, 1.807) is 4.98 Å². The van der Waals surface area contributed by atoms with Crippen LogP contribution in [0.4, 0.5) is 4.39 Å². The van der Waals surface area contributed by atoms with Gasteiger partial charge in [-0.3, -0.25) is 9.78 Å². The Balaban J connectivity index is 0.000000191. The number of rotatable bonds is 1. The maximum atomic E-state index is 12.0. The standard InChI is InChI=1S/C5H10O5.C4H3FN2O2/c6-1-2-3(7)4(8)5(9)10-2;5-2-1-6-4(9)7-3(2)8/h2-9H,1H2;1H,(H2,6,7,8,9)/t2-,3-,4-,5?;/m1./s1. The molecule has 0 radical (unpaired) electrons. The molecule has 1 unspecified atom stereocenters. The van der Waals surface area contributed by atoms with Crippen molar-refractivity contribution in [2.75, 3.05) is 6.61 Å². The molecule has 6 N–H and O–H groups in total. The molecule has 4 atom stereocenters. The smallest absolute Gasteiger partial charge is 0.325 e. The number of nitrogens with one attached hydrogen (secondary N) is 2. The summed E-state index contributed by atoms with van der Waals surface area (Å²) in [4.78, 5) is 24.0. The fourth-order valence-electron chi connectivity index (χ4n) is 1.27. The molecule has 1 fully saturated rings. The minimum absolute atomic E-state index is 0.407. The van der Waals surface area contributed by atoms with Gasteiger partial charge < -0.3 is 30.1 Å². The lowest BCUT2D eigenvalue weighted by Gasteiger charge is -2.09. The van der Waals surface area contributed by atoms with Gasteiger partial charge in [-0.05, 0) is 0 Å². The van der Waals surface area contributed by atoms with Crippen molar-refractivity contribution in [3.05, 3.63) is 32.9 Å². The van der Waals surface area contributed by atoms with Crippen molar-refractivity contribution >= 4 is 0 Å². The zero-order valence-electron chi connectivity index (χ0n) is 9.49. The predicted molar refractivity (Wildman–Crippen MR) is 57.6 cm³/mol. The Morgan fingerprint density at radius 2 is 1.89 bits per heavy atom. The molecule has 2 heterocycles. The third kappa shape index (κ3) is 3.94. The van der Waals surface area contributed by atoms with Crippen LogP contribution in [0.3, 0.4) is 0 Å². The highest BCUT2D eigenvalue weighted by molar-refractivity contribution is 4.85. The molecular weight excluding hydrogens is 267 g/mol. The summed E-state index contributed by atoms with van der Waals surface area (Å²) in [6.45, 7) is -0.407. The summed E-state index contributed by atoms with van der Waals surface area (Å²) in [5.74, 6) is -0.991. The molecule has 19 heavy (non-hydrogen) atoms. The first-order chi connectivity index (χ1) is 8.86. The van der Waals surface area contributed by atoms with E-state index in [9.17, 15) is 14.0 Å². The number of aromatic amines is 2. The number of hydrogen-bond acceptors (Lipinski definition) is 7. The second-order valence-corrected chi connectivity index (χ2v) is 3.65. The maximum absolute atomic E-state index is 12.0. The Kier molecular flexibility index (Phi) is 5.32. The Morgan fingerprint density at radius 1 is 1.26 bits per heavy atom. The number of halogens is 1. The summed E-state index contributed by atoms with van der Waals surface area (Å²) < 4.78 is 16.5. The molecule has 108 valence electrons. The van der Waals surface area contributed by atoms with E-state index in [2.05, 4.69) is 4.74 Å². The van der Waals surface area contributed by atoms with Crippen LogP contribution in [0.5, 0.6) is 0 Å². The molecule has 0 amide bonds. The van der Waals surface area contributed by atoms with Crippen molar-refractivity contribution in [3.63, 3.8) is 0 Å². The molecule has 1 aromatic rings. The maximum Gasteiger partial charge on any atom is 0.325 e. The first-order valence-corrected chi connectivity index (χ1v) is 5.15. The molecule has 1 aliphatic rings. The number of hydrogen-bond donors (Lipinski definition) is 6. The van der Waals surface area contributed by atoms with Gasteiger partial charge in [-0.25, -0.2) is 4.79 Å². The molecule has 0 bridgehead atoms. The lowest BCUT2D eigenvalue weighted by Crippen LogP contribution is -2.33. The highest BCUT2D eigenvalue weighted by Crippen LogP contribution is 2.18. The average Bonchev–Trinajstić information content (AvgIpc) is 2.62. The van der Waals surface area contributed by atoms with E-state index in [1.807, 2.05) is 4.98 Å². The molecule has 0 aliphatic carbocycles. The Bertz CT molecular complexity index is 516. The number of aromatic nitrogens is 2. The zero-order valence-corrected chi connectivity index (χ0v) is 9.49. The summed E-state index contributed by atoms with van der Waals surface area (Å²) in [6.07, 6.45) is -4.05. The van der Waals surface area contributed by atoms with Gasteiger partial charge in [-0.1, -0.05) is 0 Å². The quantitative estimate of drug-likeness (QED) is 0.313. The second kappa shape index (κ2) is 6.54. The summed E-state index contributed by atoms with van der Waals surface area (Å²) in [7, 11) is 0. The third-order valence-corrected chi connectivity index (χ3v) is 2.29. The van der Waals surface area contributed by atoms with Gasteiger partial charge in [-0.2, -0.15) is 4.39 Å². The fourth-order valence-corrected chi connectivity index (χ4v) is 1.27. The van der Waals surface area contributed by atoms with Crippen LogP contribution in [0.15, 0.2) is 15.8 Å². The summed E-state index contributed by atoms with van der Waals surface area (Å²) >= 11 is 0. The van der Waals surface area contributed by atoms with E-state index in [4.69, 9.17) is 20.4 Å². The van der Waals surface area contributed by atoms with Gasteiger partial charge in [0.25, 0.3) is 5.56 Å². The summed E-state index contributed by atoms with van der Waals surface area (Å²) in [5.41, 5.74) is -1.71. The molecule has 1 saturated heterocycles. The van der Waals surface area contributed by atoms with Crippen molar-refractivity contribution in [1.82, 2.24) is 9.97 Å². The minimum Gasteiger partial charge on any atom is -0.394 e. The van der Waals surface area contributed by atoms with Gasteiger partial charge >= 0.3 is 5.69 Å². The molecule has 0 spiro atoms. The van der Waals surface area contributed by atoms with Crippen LogP contribution in [0, 0.1) is 5.82 Å². The number of ether oxygens (including phenoxy) is 1. The SMILES string of the molecule is O=c1[nH]cc(F)c(=O)[nH]1.OC[C@H]1OC(O)[C@H](O)[C@@H]1O. The Hall–Kier alpha value is -1.59. The Morgan fingerprint density at radius 3 is 2.21 bits per heavy atom. The van der Waals surface area contributed by atoms with E-state index in [0.29, 0.717) is 6.20 Å². The van der Waals surface area contributed by atoms with Gasteiger partial charge in [0.1, 0.15) is 18.3 Å². The largest absolute Gasteiger partial charge is 0.394 e. The van der Waals surface area contributed by atoms with Gasteiger partial charge in [0.05, 0.1) is 6.61 Å². The Labute approximate surface area is 104 Å². The van der Waals surface area contributed by atoms with E-state index in [0.717, 1.165) is 0 Å². The highest BCUT2D eigenvalue weighted by Gasteiger charge is 2.41. The number of aliphatic hydroxyl groups excluding tert-OH is 4. The lowest BCUT2D eigenvalue weighted by molar-refractivity contribution is -0.132. The molecule has 0 saturated carbocycles. The van der Waals surface area contributed by atoms with Crippen LogP contribution in [-0.4, -0.2) is 61.6 Å². The van der Waals surface area contributed by atoms with E-state index in [-0.39, 0.29) is 0 Å². The molecule has 0 aromatic carbocycles. The van der Waals surface area contributed by atoms with Crippen molar-refractivity contribution in [1.29, 1.82) is 0 Å². The highest BCUT2D eigenvalue weighted by atomic mass is 19.1. The molecular formula is C9H13FN2O7. The molecule has 10 heteroatoms. The molecule has 1 aromatic heterocycles. The normalized spacial score (nSPS) is 29.7. The first-order valence-electron chi connectivity index (χ1n) is 5.15. The second-order valence-electron chi connectivity index (χ2n) is 3.65. The van der Waals surface area contributed by atoms with Crippen LogP contribution in [0.1, 0.15) is 0 Å². The molecule has 9 nitrogen and oxygen atoms in total. The van der Waals surface area contributed by atoms with Gasteiger partial charge in [0, 0.05) is 6.20 Å². The summed E-state index contributed by atoms with van der Waals surface area (Å²) in [5, 5.41) is 35.0. The van der Waals surface area contributed by atoms with Gasteiger partial charge in [0.15, 0.2) is 6.29 Å². The molecule has 2 rings (SSSR count). The minimum atomic E-state index is -1.38. The average molecular weight is 280 g/mol. The first kappa shape index (κ1) is 15.5. The monoisotopic (exact) mass is 280 g/mol. The fraction of sp³-hybridized carbons (Fsp3) is 0.556. The van der Waals surface area contributed by atoms with Crippen LogP contribution >= 0.6 is 0 Å². The van der Waals surface area contributed by atoms with Crippen LogP contribution in [-0.2, 0) is 4.74 Å². The zero-order chi connectivity index (χ0) is 14.6. The van der Waals surface area contributed by atoms with Gasteiger partial charge in [0.2, 0.25) is 5.82 Å². The number of aliphatic hydroxyl groups is 4. The number of H-pyrrole nitrogens is 2. The van der Waals surface area contributed by atoms with Crippen molar-refractivity contribution in [3.8, 4) is 0 Å². The van der Waals surface area contributed by atoms with Crippen LogP contribution in [0.25, 0.3) is 0 Å². The van der Waals surface area contributed by atoms with E-state index >= 15 is 0 Å². The van der Waals surface area contributed by atoms with Gasteiger partial charge in [-0.15, -0.1) is 0 Å². The topological polar surface area (TPSA) is 156 Å². The third-order valence-electron chi connectivity index (χ3n) is 2.29. The van der Waals surface area contributed by atoms with E-state index < -0.39 is 48.3 Å². The van der Waals surface area contributed by atoms with E-state index in [1.165, 1.54) is 0 Å². The van der Waals surface area contributed by atoms with Crippen molar-refractivity contribution in [2.45, 2.75) is 24.6 Å². The van der Waals surface area contributed by atoms with Crippen LogP contribution in [0.2, 0.25) is 0 Å². The molecule has 1 aliphatic heterocycles. The van der Waals surface area contributed by atoms with Crippen LogP contribution < -0.4 is 11.2 Å². The lowest BCUT2D eigenvalue weighted by atomic mass is 10.1. The predicted octanol–water partition coefficient (Wildman–Crippen LogP) is -3.38. The van der Waals surface area contributed by atoms with Crippen molar-refractivity contribution < 1.29 is 29.6 Å².